The van der Waals surface area contributed by atoms with Crippen LogP contribution in [0.4, 0.5) is 5.69 Å². The summed E-state index contributed by atoms with van der Waals surface area (Å²) in [5, 5.41) is 13.6. The fourth-order valence-corrected chi connectivity index (χ4v) is 2.53. The molecule has 4 nitrogen and oxygen atoms in total. The Kier molecular flexibility index (Phi) is 3.43. The normalized spacial score (nSPS) is 10.8. The second kappa shape index (κ2) is 5.26. The summed E-state index contributed by atoms with van der Waals surface area (Å²) >= 11 is 3.40. The number of aromatic nitrogens is 1. The van der Waals surface area contributed by atoms with E-state index in [2.05, 4.69) is 26.2 Å². The Morgan fingerprint density at radius 3 is 2.86 bits per heavy atom. The molecule has 0 fully saturated rings. The maximum atomic E-state index is 12.3. The molecule has 0 spiro atoms. The average Bonchev–Trinajstić information content (AvgIpc) is 2.87. The van der Waals surface area contributed by atoms with Crippen molar-refractivity contribution in [3.63, 3.8) is 0 Å². The lowest BCUT2D eigenvalue weighted by Gasteiger charge is -2.07. The largest absolute Gasteiger partial charge is 0.505 e. The van der Waals surface area contributed by atoms with Crippen LogP contribution in [-0.2, 0) is 0 Å². The van der Waals surface area contributed by atoms with Crippen LogP contribution in [-0.4, -0.2) is 16.0 Å². The van der Waals surface area contributed by atoms with Gasteiger partial charge in [0.15, 0.2) is 0 Å². The van der Waals surface area contributed by atoms with Gasteiger partial charge in [0.25, 0.3) is 5.91 Å². The van der Waals surface area contributed by atoms with Crippen LogP contribution in [0.2, 0.25) is 0 Å². The molecule has 0 bridgehead atoms. The molecule has 0 aliphatic rings. The number of para-hydroxylation sites is 1. The van der Waals surface area contributed by atoms with Gasteiger partial charge in [0.2, 0.25) is 0 Å². The summed E-state index contributed by atoms with van der Waals surface area (Å²) in [6.07, 6.45) is 0. The summed E-state index contributed by atoms with van der Waals surface area (Å²) in [7, 11) is 0. The summed E-state index contributed by atoms with van der Waals surface area (Å²) in [4.78, 5) is 15.3. The van der Waals surface area contributed by atoms with Crippen LogP contribution in [0.15, 0.2) is 46.9 Å². The number of phenolic OH excluding ortho intramolecular Hbond substituents is 1. The zero-order valence-corrected chi connectivity index (χ0v) is 12.9. The summed E-state index contributed by atoms with van der Waals surface area (Å²) in [5.41, 5.74) is 2.44. The Hall–Kier alpha value is -2.27. The molecule has 0 saturated carbocycles. The molecule has 0 radical (unpaired) electrons. The number of benzene rings is 2. The smallest absolute Gasteiger partial charge is 0.272 e. The number of carbonyl (C=O) groups excluding carboxylic acids is 1. The molecule has 21 heavy (non-hydrogen) atoms. The van der Waals surface area contributed by atoms with Gasteiger partial charge in [0.1, 0.15) is 11.4 Å². The van der Waals surface area contributed by atoms with Gasteiger partial charge >= 0.3 is 0 Å². The van der Waals surface area contributed by atoms with Gasteiger partial charge in [0, 0.05) is 15.4 Å². The lowest BCUT2D eigenvalue weighted by atomic mass is 10.2. The summed E-state index contributed by atoms with van der Waals surface area (Å²) in [5.74, 6) is -0.201. The Labute approximate surface area is 129 Å². The number of aromatic amines is 1. The zero-order chi connectivity index (χ0) is 15.0. The number of anilines is 1. The van der Waals surface area contributed by atoms with E-state index < -0.39 is 0 Å². The first-order chi connectivity index (χ1) is 10.0. The van der Waals surface area contributed by atoms with E-state index in [1.54, 1.807) is 31.2 Å². The highest BCUT2D eigenvalue weighted by Crippen LogP contribution is 2.27. The van der Waals surface area contributed by atoms with Gasteiger partial charge in [0.05, 0.1) is 5.69 Å². The number of halogens is 1. The van der Waals surface area contributed by atoms with E-state index in [4.69, 9.17) is 0 Å². The van der Waals surface area contributed by atoms with Crippen molar-refractivity contribution in [2.45, 2.75) is 6.92 Å². The summed E-state index contributed by atoms with van der Waals surface area (Å²) in [6, 6.07) is 12.8. The van der Waals surface area contributed by atoms with E-state index in [-0.39, 0.29) is 11.7 Å². The second-order valence-electron chi connectivity index (χ2n) is 4.84. The number of carbonyl (C=O) groups is 1. The number of rotatable bonds is 2. The predicted octanol–water partition coefficient (Wildman–Crippen LogP) is 4.20. The molecular formula is C16H13BrN2O2. The van der Waals surface area contributed by atoms with Crippen molar-refractivity contribution in [2.24, 2.45) is 0 Å². The SMILES string of the molecule is Cc1cccc(NC(=O)c2cc3ccc(Br)cc3[nH]2)c1O. The molecule has 1 aromatic heterocycles. The quantitative estimate of drug-likeness (QED) is 0.610. The number of hydrogen-bond donors (Lipinski definition) is 3. The molecule has 106 valence electrons. The molecule has 0 saturated heterocycles. The van der Waals surface area contributed by atoms with Gasteiger partial charge in [-0.15, -0.1) is 0 Å². The number of aromatic hydroxyl groups is 1. The standard InChI is InChI=1S/C16H13BrN2O2/c1-9-3-2-4-12(15(9)20)19-16(21)14-7-10-5-6-11(17)8-13(10)18-14/h2-8,18,20H,1H3,(H,19,21). The number of fused-ring (bicyclic) bond motifs is 1. The third-order valence-electron chi connectivity index (χ3n) is 3.32. The van der Waals surface area contributed by atoms with E-state index in [1.165, 1.54) is 0 Å². The molecule has 0 unspecified atom stereocenters. The molecule has 0 aliphatic heterocycles. The fraction of sp³-hybridized carbons (Fsp3) is 0.0625. The van der Waals surface area contributed by atoms with Crippen molar-refractivity contribution in [1.82, 2.24) is 4.98 Å². The molecule has 3 rings (SSSR count). The van der Waals surface area contributed by atoms with Gasteiger partial charge in [-0.2, -0.15) is 0 Å². The third-order valence-corrected chi connectivity index (χ3v) is 3.81. The Morgan fingerprint density at radius 1 is 1.24 bits per heavy atom. The van der Waals surface area contributed by atoms with Gasteiger partial charge in [-0.1, -0.05) is 34.1 Å². The van der Waals surface area contributed by atoms with Crippen molar-refractivity contribution < 1.29 is 9.90 Å². The van der Waals surface area contributed by atoms with E-state index in [0.717, 1.165) is 15.4 Å². The van der Waals surface area contributed by atoms with Crippen LogP contribution >= 0.6 is 15.9 Å². The molecule has 3 aromatic rings. The van der Waals surface area contributed by atoms with Crippen molar-refractivity contribution in [3.05, 3.63) is 58.2 Å². The minimum atomic E-state index is -0.289. The molecular weight excluding hydrogens is 332 g/mol. The monoisotopic (exact) mass is 344 g/mol. The Morgan fingerprint density at radius 2 is 2.05 bits per heavy atom. The van der Waals surface area contributed by atoms with Gasteiger partial charge in [-0.3, -0.25) is 4.79 Å². The lowest BCUT2D eigenvalue weighted by Crippen LogP contribution is -2.12. The van der Waals surface area contributed by atoms with E-state index in [1.807, 2.05) is 18.2 Å². The highest BCUT2D eigenvalue weighted by Gasteiger charge is 2.12. The number of phenols is 1. The maximum Gasteiger partial charge on any atom is 0.272 e. The van der Waals surface area contributed by atoms with Crippen molar-refractivity contribution in [1.29, 1.82) is 0 Å². The Bertz CT molecular complexity index is 839. The van der Waals surface area contributed by atoms with Gasteiger partial charge < -0.3 is 15.4 Å². The third kappa shape index (κ3) is 2.64. The Balaban J connectivity index is 1.91. The number of amides is 1. The minimum absolute atomic E-state index is 0.0877. The first-order valence-corrected chi connectivity index (χ1v) is 7.22. The first kappa shape index (κ1) is 13.7. The zero-order valence-electron chi connectivity index (χ0n) is 11.3. The second-order valence-corrected chi connectivity index (χ2v) is 5.76. The first-order valence-electron chi connectivity index (χ1n) is 6.43. The topological polar surface area (TPSA) is 65.1 Å². The van der Waals surface area contributed by atoms with E-state index in [0.29, 0.717) is 16.9 Å². The number of hydrogen-bond acceptors (Lipinski definition) is 2. The van der Waals surface area contributed by atoms with Crippen LogP contribution in [0.5, 0.6) is 5.75 Å². The highest BCUT2D eigenvalue weighted by molar-refractivity contribution is 9.10. The molecule has 5 heteroatoms. The van der Waals surface area contributed by atoms with Crippen LogP contribution in [0.1, 0.15) is 16.1 Å². The molecule has 1 heterocycles. The highest BCUT2D eigenvalue weighted by atomic mass is 79.9. The summed E-state index contributed by atoms with van der Waals surface area (Å²) in [6.45, 7) is 1.78. The van der Waals surface area contributed by atoms with Crippen molar-refractivity contribution >= 4 is 38.4 Å². The fourth-order valence-electron chi connectivity index (χ4n) is 2.17. The van der Waals surface area contributed by atoms with Gasteiger partial charge in [-0.05, 0) is 36.8 Å². The number of nitrogens with one attached hydrogen (secondary N) is 2. The van der Waals surface area contributed by atoms with Crippen molar-refractivity contribution in [3.8, 4) is 5.75 Å². The van der Waals surface area contributed by atoms with Crippen LogP contribution in [0, 0.1) is 6.92 Å². The van der Waals surface area contributed by atoms with Crippen LogP contribution in [0.3, 0.4) is 0 Å². The predicted molar refractivity (Wildman–Crippen MR) is 86.8 cm³/mol. The number of aryl methyl sites for hydroxylation is 1. The molecule has 1 amide bonds. The number of H-pyrrole nitrogens is 1. The maximum absolute atomic E-state index is 12.3. The van der Waals surface area contributed by atoms with Gasteiger partial charge in [-0.25, -0.2) is 0 Å². The lowest BCUT2D eigenvalue weighted by molar-refractivity contribution is 0.102. The average molecular weight is 345 g/mol. The van der Waals surface area contributed by atoms with E-state index >= 15 is 0 Å². The van der Waals surface area contributed by atoms with Crippen molar-refractivity contribution in [2.75, 3.05) is 5.32 Å². The molecule has 2 aromatic carbocycles. The molecule has 3 N–H and O–H groups in total. The minimum Gasteiger partial charge on any atom is -0.505 e. The molecule has 0 aliphatic carbocycles. The molecule has 0 atom stereocenters. The summed E-state index contributed by atoms with van der Waals surface area (Å²) < 4.78 is 0.945. The van der Waals surface area contributed by atoms with E-state index in [9.17, 15) is 9.90 Å². The van der Waals surface area contributed by atoms with Crippen LogP contribution < -0.4 is 5.32 Å². The van der Waals surface area contributed by atoms with Crippen LogP contribution in [0.25, 0.3) is 10.9 Å².